The smallest absolute Gasteiger partial charge is 0.205 e. The third-order valence-corrected chi connectivity index (χ3v) is 4.90. The number of carbonyl (C=O) groups excluding carboxylic acids is 1. The highest BCUT2D eigenvalue weighted by Gasteiger charge is 2.26. The molecule has 29 heavy (non-hydrogen) atoms. The van der Waals surface area contributed by atoms with Gasteiger partial charge >= 0.3 is 0 Å². The molecule has 0 spiro atoms. The fourth-order valence-corrected chi connectivity index (χ4v) is 3.40. The zero-order valence-corrected chi connectivity index (χ0v) is 17.1. The van der Waals surface area contributed by atoms with Gasteiger partial charge in [0, 0.05) is 18.8 Å². The van der Waals surface area contributed by atoms with Crippen molar-refractivity contribution in [1.29, 1.82) is 0 Å². The maximum atomic E-state index is 12.9. The lowest BCUT2D eigenvalue weighted by Crippen LogP contribution is -2.21. The van der Waals surface area contributed by atoms with Crippen LogP contribution >= 0.6 is 0 Å². The van der Waals surface area contributed by atoms with Crippen LogP contribution in [0.4, 0.5) is 5.69 Å². The average Bonchev–Trinajstić information content (AvgIpc) is 3.22. The lowest BCUT2D eigenvalue weighted by Gasteiger charge is -2.20. The van der Waals surface area contributed by atoms with Gasteiger partial charge in [-0.05, 0) is 43.7 Å². The van der Waals surface area contributed by atoms with Crippen LogP contribution in [0.5, 0.6) is 17.2 Å². The van der Waals surface area contributed by atoms with Gasteiger partial charge in [-0.1, -0.05) is 18.2 Å². The van der Waals surface area contributed by atoms with E-state index in [-0.39, 0.29) is 22.8 Å². The van der Waals surface area contributed by atoms with Gasteiger partial charge in [0.25, 0.3) is 0 Å². The molecule has 0 amide bonds. The lowest BCUT2D eigenvalue weighted by molar-refractivity contribution is 0.104. The summed E-state index contributed by atoms with van der Waals surface area (Å²) in [6.07, 6.45) is 4.57. The van der Waals surface area contributed by atoms with Crippen LogP contribution in [-0.4, -0.2) is 38.2 Å². The van der Waals surface area contributed by atoms with Crippen molar-refractivity contribution >= 4 is 28.5 Å². The first-order valence-corrected chi connectivity index (χ1v) is 9.47. The number of carbonyl (C=O) groups is 1. The number of fused-ring (bicyclic) bond motifs is 1. The van der Waals surface area contributed by atoms with Crippen molar-refractivity contribution in [3.05, 3.63) is 53.8 Å². The number of phenols is 1. The van der Waals surface area contributed by atoms with Crippen molar-refractivity contribution in [1.82, 2.24) is 0 Å². The summed E-state index contributed by atoms with van der Waals surface area (Å²) in [6.45, 7) is 6.09. The van der Waals surface area contributed by atoms with E-state index in [0.717, 1.165) is 24.3 Å². The fourth-order valence-electron chi connectivity index (χ4n) is 3.40. The molecule has 6 nitrogen and oxygen atoms in total. The van der Waals surface area contributed by atoms with E-state index in [9.17, 15) is 9.90 Å². The van der Waals surface area contributed by atoms with E-state index < -0.39 is 5.78 Å². The number of methoxy groups -OCH3 is 2. The number of allylic oxidation sites excluding steroid dienone is 1. The summed E-state index contributed by atoms with van der Waals surface area (Å²) < 4.78 is 16.0. The minimum absolute atomic E-state index is 0.0364. The lowest BCUT2D eigenvalue weighted by atomic mass is 10.0. The third-order valence-electron chi connectivity index (χ3n) is 4.90. The number of ether oxygens (including phenoxy) is 2. The van der Waals surface area contributed by atoms with Gasteiger partial charge in [0.15, 0.2) is 17.1 Å². The van der Waals surface area contributed by atoms with Crippen LogP contribution in [0.25, 0.3) is 17.0 Å². The van der Waals surface area contributed by atoms with Crippen molar-refractivity contribution in [2.75, 3.05) is 32.2 Å². The maximum Gasteiger partial charge on any atom is 0.205 e. The number of aromatic hydroxyl groups is 1. The molecule has 0 aliphatic rings. The van der Waals surface area contributed by atoms with Crippen LogP contribution in [-0.2, 0) is 0 Å². The van der Waals surface area contributed by atoms with E-state index in [0.29, 0.717) is 11.0 Å². The average molecular weight is 395 g/mol. The number of hydrogen-bond donors (Lipinski definition) is 1. The van der Waals surface area contributed by atoms with E-state index in [1.807, 2.05) is 24.3 Å². The quantitative estimate of drug-likeness (QED) is 0.432. The molecule has 1 heterocycles. The maximum absolute atomic E-state index is 12.9. The molecule has 0 saturated heterocycles. The van der Waals surface area contributed by atoms with Gasteiger partial charge in [-0.3, -0.25) is 4.79 Å². The highest BCUT2D eigenvalue weighted by atomic mass is 16.5. The zero-order chi connectivity index (χ0) is 21.0. The van der Waals surface area contributed by atoms with Crippen LogP contribution < -0.4 is 14.4 Å². The molecule has 0 radical (unpaired) electrons. The molecule has 3 aromatic rings. The number of rotatable bonds is 8. The predicted octanol–water partition coefficient (Wildman–Crippen LogP) is 4.90. The van der Waals surface area contributed by atoms with Gasteiger partial charge in [-0.25, -0.2) is 0 Å². The predicted molar refractivity (Wildman–Crippen MR) is 114 cm³/mol. The Morgan fingerprint density at radius 3 is 2.31 bits per heavy atom. The molecule has 1 N–H and O–H groups in total. The van der Waals surface area contributed by atoms with Gasteiger partial charge in [0.2, 0.25) is 5.75 Å². The minimum atomic E-state index is -0.395. The van der Waals surface area contributed by atoms with Gasteiger partial charge in [-0.2, -0.15) is 0 Å². The molecule has 0 fully saturated rings. The molecule has 0 aliphatic carbocycles. The first-order valence-electron chi connectivity index (χ1n) is 9.47. The normalized spacial score (nSPS) is 11.2. The number of furan rings is 1. The Balaban J connectivity index is 1.95. The van der Waals surface area contributed by atoms with Crippen LogP contribution in [0.15, 0.2) is 47.1 Å². The number of ketones is 1. The minimum Gasteiger partial charge on any atom is -0.504 e. The SMILES string of the molecule is CCN(CC)c1ccc(C=CC(=O)c2c(O)c(OC)c3occc3c2OC)cc1. The van der Waals surface area contributed by atoms with E-state index in [2.05, 4.69) is 18.7 Å². The highest BCUT2D eigenvalue weighted by molar-refractivity contribution is 6.15. The molecule has 152 valence electrons. The molecule has 0 atom stereocenters. The molecular formula is C23H25NO5. The van der Waals surface area contributed by atoms with Crippen molar-refractivity contribution in [2.24, 2.45) is 0 Å². The molecule has 2 aromatic carbocycles. The Morgan fingerprint density at radius 1 is 1.07 bits per heavy atom. The largest absolute Gasteiger partial charge is 0.504 e. The Labute approximate surface area is 170 Å². The molecular weight excluding hydrogens is 370 g/mol. The second-order valence-corrected chi connectivity index (χ2v) is 6.41. The Bertz CT molecular complexity index is 1030. The number of hydrogen-bond acceptors (Lipinski definition) is 6. The fraction of sp³-hybridized carbons (Fsp3) is 0.261. The molecule has 0 unspecified atom stereocenters. The van der Waals surface area contributed by atoms with Crippen molar-refractivity contribution < 1.29 is 23.8 Å². The van der Waals surface area contributed by atoms with Crippen molar-refractivity contribution in [3.63, 3.8) is 0 Å². The Hall–Kier alpha value is -3.41. The van der Waals surface area contributed by atoms with E-state index in [1.54, 1.807) is 12.1 Å². The summed E-state index contributed by atoms with van der Waals surface area (Å²) in [7, 11) is 2.85. The molecule has 1 aromatic heterocycles. The summed E-state index contributed by atoms with van der Waals surface area (Å²) in [5.74, 6) is -0.350. The number of benzene rings is 2. The van der Waals surface area contributed by atoms with E-state index in [4.69, 9.17) is 13.9 Å². The standard InChI is InChI=1S/C23H25NO5/c1-5-24(6-2)16-10-7-15(8-11-16)9-12-18(25)19-20(26)23(28-4)22-17(13-14-29-22)21(19)27-3/h7-14,26H,5-6H2,1-4H3. The molecule has 0 saturated carbocycles. The topological polar surface area (TPSA) is 72.1 Å². The van der Waals surface area contributed by atoms with Gasteiger partial charge in [-0.15, -0.1) is 0 Å². The monoisotopic (exact) mass is 395 g/mol. The zero-order valence-electron chi connectivity index (χ0n) is 17.1. The summed E-state index contributed by atoms with van der Waals surface area (Å²) in [5, 5.41) is 11.2. The Morgan fingerprint density at radius 2 is 1.72 bits per heavy atom. The first-order chi connectivity index (χ1) is 14.0. The van der Waals surface area contributed by atoms with E-state index in [1.165, 1.54) is 26.6 Å². The summed E-state index contributed by atoms with van der Waals surface area (Å²) in [5.41, 5.74) is 2.38. The summed E-state index contributed by atoms with van der Waals surface area (Å²) >= 11 is 0. The van der Waals surface area contributed by atoms with E-state index >= 15 is 0 Å². The number of anilines is 1. The first kappa shape index (κ1) is 20.3. The second-order valence-electron chi connectivity index (χ2n) is 6.41. The van der Waals surface area contributed by atoms with Crippen LogP contribution in [0, 0.1) is 0 Å². The molecule has 0 bridgehead atoms. The van der Waals surface area contributed by atoms with Crippen LogP contribution in [0.2, 0.25) is 0 Å². The highest BCUT2D eigenvalue weighted by Crippen LogP contribution is 2.45. The second kappa shape index (κ2) is 8.73. The number of nitrogens with zero attached hydrogens (tertiary/aromatic N) is 1. The molecule has 3 rings (SSSR count). The molecule has 0 aliphatic heterocycles. The van der Waals surface area contributed by atoms with Gasteiger partial charge in [0.05, 0.1) is 25.9 Å². The Kier molecular flexibility index (Phi) is 6.12. The van der Waals surface area contributed by atoms with Crippen molar-refractivity contribution in [3.8, 4) is 17.2 Å². The van der Waals surface area contributed by atoms with Crippen molar-refractivity contribution in [2.45, 2.75) is 13.8 Å². The summed E-state index contributed by atoms with van der Waals surface area (Å²) in [4.78, 5) is 15.1. The van der Waals surface area contributed by atoms with Gasteiger partial charge in [0.1, 0.15) is 11.3 Å². The summed E-state index contributed by atoms with van der Waals surface area (Å²) in [6, 6.07) is 9.62. The third kappa shape index (κ3) is 3.78. The van der Waals surface area contributed by atoms with Crippen LogP contribution in [0.1, 0.15) is 29.8 Å². The molecule has 6 heteroatoms. The van der Waals surface area contributed by atoms with Crippen LogP contribution in [0.3, 0.4) is 0 Å². The number of phenolic OH excluding ortho intramolecular Hbond substituents is 1. The van der Waals surface area contributed by atoms with Gasteiger partial charge < -0.3 is 23.9 Å².